The number of phenols is 1. The van der Waals surface area contributed by atoms with Crippen LogP contribution >= 0.6 is 0 Å². The number of rotatable bonds is 10. The molecule has 0 bridgehead atoms. The molecule has 0 spiro atoms. The van der Waals surface area contributed by atoms with Crippen LogP contribution in [-0.2, 0) is 6.42 Å². The number of anilines is 1. The SMILES string of the molecule is Nc1cc(C(CCOc2cc(C3C=CC4C#CC(CCO)CCCCC(O)C4C(O)C3)ccc2O)Cc2ccc[nH]2)ccn1. The molecule has 5 rings (SSSR count). The molecule has 0 saturated heterocycles. The number of aromatic hydroxyl groups is 1. The number of benzene rings is 1. The van der Waals surface area contributed by atoms with Crippen molar-refractivity contribution in [3.05, 3.63) is 83.8 Å². The summed E-state index contributed by atoms with van der Waals surface area (Å²) in [7, 11) is 0. The number of allylic oxidation sites excluding steroid dienone is 2. The van der Waals surface area contributed by atoms with Gasteiger partial charge >= 0.3 is 0 Å². The van der Waals surface area contributed by atoms with Gasteiger partial charge in [-0.15, -0.1) is 0 Å². The van der Waals surface area contributed by atoms with Crippen molar-refractivity contribution in [3.8, 4) is 23.3 Å². The van der Waals surface area contributed by atoms with Crippen molar-refractivity contribution in [2.75, 3.05) is 18.9 Å². The quantitative estimate of drug-likeness (QED) is 0.141. The number of nitrogen functional groups attached to an aromatic ring is 1. The highest BCUT2D eigenvalue weighted by molar-refractivity contribution is 5.44. The van der Waals surface area contributed by atoms with Crippen LogP contribution in [0.2, 0.25) is 0 Å². The summed E-state index contributed by atoms with van der Waals surface area (Å²) >= 11 is 0. The minimum Gasteiger partial charge on any atom is -0.504 e. The molecule has 2 aromatic heterocycles. The van der Waals surface area contributed by atoms with E-state index in [1.807, 2.05) is 42.6 Å². The number of nitrogens with zero attached hydrogens (tertiary/aromatic N) is 1. The van der Waals surface area contributed by atoms with E-state index in [-0.39, 0.29) is 41.9 Å². The molecule has 44 heavy (non-hydrogen) atoms. The van der Waals surface area contributed by atoms with Crippen molar-refractivity contribution < 1.29 is 25.2 Å². The number of nitrogens with two attached hydrogens (primary N) is 1. The molecule has 7 N–H and O–H groups in total. The summed E-state index contributed by atoms with van der Waals surface area (Å²) < 4.78 is 6.16. The van der Waals surface area contributed by atoms with Crippen molar-refractivity contribution in [2.45, 2.75) is 75.4 Å². The van der Waals surface area contributed by atoms with E-state index in [1.165, 1.54) is 0 Å². The number of fused-ring (bicyclic) bond motifs is 1. The van der Waals surface area contributed by atoms with Crippen LogP contribution in [0.5, 0.6) is 11.5 Å². The molecule has 8 nitrogen and oxygen atoms in total. The number of ether oxygens (including phenoxy) is 1. The molecule has 7 atom stereocenters. The van der Waals surface area contributed by atoms with Crippen LogP contribution < -0.4 is 10.5 Å². The van der Waals surface area contributed by atoms with Crippen LogP contribution in [-0.4, -0.2) is 55.8 Å². The number of aromatic amines is 1. The minimum atomic E-state index is -0.750. The Morgan fingerprint density at radius 2 is 1.91 bits per heavy atom. The van der Waals surface area contributed by atoms with E-state index in [1.54, 1.807) is 12.3 Å². The Bertz CT molecular complexity index is 1430. The first-order valence-corrected chi connectivity index (χ1v) is 15.9. The third-order valence-corrected chi connectivity index (χ3v) is 9.12. The van der Waals surface area contributed by atoms with Gasteiger partial charge in [-0.25, -0.2) is 4.98 Å². The van der Waals surface area contributed by atoms with Gasteiger partial charge in [-0.05, 0) is 92.0 Å². The fourth-order valence-corrected chi connectivity index (χ4v) is 6.65. The smallest absolute Gasteiger partial charge is 0.161 e. The number of H-pyrrole nitrogens is 1. The summed E-state index contributed by atoms with van der Waals surface area (Å²) in [6.45, 7) is 0.488. The van der Waals surface area contributed by atoms with E-state index in [0.717, 1.165) is 42.5 Å². The zero-order chi connectivity index (χ0) is 30.9. The number of aliphatic hydroxyl groups is 3. The van der Waals surface area contributed by atoms with E-state index in [0.29, 0.717) is 43.9 Å². The first-order valence-electron chi connectivity index (χ1n) is 15.9. The monoisotopic (exact) mass is 599 g/mol. The molecule has 0 amide bonds. The summed E-state index contributed by atoms with van der Waals surface area (Å²) in [5.74, 6) is 7.08. The van der Waals surface area contributed by atoms with E-state index < -0.39 is 12.2 Å². The average Bonchev–Trinajstić information content (AvgIpc) is 3.46. The lowest BCUT2D eigenvalue weighted by Crippen LogP contribution is -2.36. The van der Waals surface area contributed by atoms with Crippen LogP contribution in [0.1, 0.15) is 73.6 Å². The van der Waals surface area contributed by atoms with Crippen LogP contribution in [0.25, 0.3) is 0 Å². The van der Waals surface area contributed by atoms with E-state index in [4.69, 9.17) is 10.5 Å². The largest absolute Gasteiger partial charge is 0.504 e. The highest BCUT2D eigenvalue weighted by Gasteiger charge is 2.36. The molecule has 0 saturated carbocycles. The van der Waals surface area contributed by atoms with Crippen molar-refractivity contribution in [2.24, 2.45) is 17.8 Å². The van der Waals surface area contributed by atoms with Gasteiger partial charge in [0, 0.05) is 48.4 Å². The summed E-state index contributed by atoms with van der Waals surface area (Å²) in [5.41, 5.74) is 9.09. The van der Waals surface area contributed by atoms with E-state index >= 15 is 0 Å². The Labute approximate surface area is 260 Å². The molecule has 0 fully saturated rings. The second kappa shape index (κ2) is 15.3. The van der Waals surface area contributed by atoms with Crippen molar-refractivity contribution in [1.29, 1.82) is 0 Å². The minimum absolute atomic E-state index is 0.0614. The highest BCUT2D eigenvalue weighted by Crippen LogP contribution is 2.39. The van der Waals surface area contributed by atoms with Crippen LogP contribution in [0.15, 0.2) is 67.0 Å². The van der Waals surface area contributed by atoms with Crippen molar-refractivity contribution in [3.63, 3.8) is 0 Å². The molecular weight excluding hydrogens is 554 g/mol. The predicted molar refractivity (Wildman–Crippen MR) is 171 cm³/mol. The zero-order valence-corrected chi connectivity index (χ0v) is 25.2. The molecule has 234 valence electrons. The van der Waals surface area contributed by atoms with Gasteiger partial charge < -0.3 is 35.9 Å². The Balaban J connectivity index is 1.31. The lowest BCUT2D eigenvalue weighted by molar-refractivity contribution is -0.00709. The first-order chi connectivity index (χ1) is 21.4. The normalized spacial score (nSPS) is 26.1. The van der Waals surface area contributed by atoms with Gasteiger partial charge in [0.05, 0.1) is 18.8 Å². The summed E-state index contributed by atoms with van der Waals surface area (Å²) in [6.07, 6.45) is 12.2. The van der Waals surface area contributed by atoms with Gasteiger partial charge in [-0.3, -0.25) is 0 Å². The maximum absolute atomic E-state index is 11.4. The molecule has 2 aliphatic rings. The standard InChI is InChI=1S/C36H45N3O5/c37-35-23-28(13-17-39-35)29(20-30-5-3-16-38-30)15-19-44-34-22-27(11-12-31(34)41)26-10-9-25-8-7-24(14-18-40)4-1-2-6-32(42)36(25)33(43)21-26/h3,5,9-13,16-17,22-26,29,32-33,36,38,40-43H,1-2,4,6,14-15,18-21H2,(H2,37,39). The molecule has 0 radical (unpaired) electrons. The number of aromatic nitrogens is 2. The second-order valence-corrected chi connectivity index (χ2v) is 12.2. The van der Waals surface area contributed by atoms with Crippen molar-refractivity contribution >= 4 is 5.82 Å². The Morgan fingerprint density at radius 1 is 1.05 bits per heavy atom. The van der Waals surface area contributed by atoms with Crippen molar-refractivity contribution in [1.82, 2.24) is 9.97 Å². The average molecular weight is 600 g/mol. The number of hydrogen-bond acceptors (Lipinski definition) is 7. The first kappa shape index (κ1) is 31.6. The maximum Gasteiger partial charge on any atom is 0.161 e. The molecular formula is C36H45N3O5. The number of pyridine rings is 1. The molecule has 7 unspecified atom stereocenters. The third kappa shape index (κ3) is 8.23. The molecule has 2 aliphatic carbocycles. The predicted octanol–water partition coefficient (Wildman–Crippen LogP) is 5.07. The highest BCUT2D eigenvalue weighted by atomic mass is 16.5. The lowest BCUT2D eigenvalue weighted by atomic mass is 9.79. The van der Waals surface area contributed by atoms with Gasteiger partial charge in [-0.1, -0.05) is 42.9 Å². The Morgan fingerprint density at radius 3 is 2.70 bits per heavy atom. The zero-order valence-electron chi connectivity index (χ0n) is 25.2. The van der Waals surface area contributed by atoms with Crippen LogP contribution in [0.3, 0.4) is 0 Å². The number of nitrogens with one attached hydrogen (secondary N) is 1. The van der Waals surface area contributed by atoms with Gasteiger partial charge in [0.2, 0.25) is 0 Å². The topological polar surface area (TPSA) is 145 Å². The van der Waals surface area contributed by atoms with Gasteiger partial charge in [0.25, 0.3) is 0 Å². The lowest BCUT2D eigenvalue weighted by Gasteiger charge is -2.31. The summed E-state index contributed by atoms with van der Waals surface area (Å²) in [6, 6.07) is 13.3. The van der Waals surface area contributed by atoms with E-state index in [9.17, 15) is 20.4 Å². The van der Waals surface area contributed by atoms with Gasteiger partial charge in [-0.2, -0.15) is 0 Å². The number of hydrogen-bond donors (Lipinski definition) is 6. The summed E-state index contributed by atoms with van der Waals surface area (Å²) in [4.78, 5) is 7.41. The molecule has 2 heterocycles. The van der Waals surface area contributed by atoms with Gasteiger partial charge in [0.1, 0.15) is 5.82 Å². The van der Waals surface area contributed by atoms with Crippen LogP contribution in [0.4, 0.5) is 5.82 Å². The molecule has 8 heteroatoms. The van der Waals surface area contributed by atoms with Gasteiger partial charge in [0.15, 0.2) is 11.5 Å². The Kier molecular flexibility index (Phi) is 11.0. The second-order valence-electron chi connectivity index (χ2n) is 12.2. The summed E-state index contributed by atoms with van der Waals surface area (Å²) in [5, 5.41) is 42.6. The van der Waals surface area contributed by atoms with Crippen LogP contribution in [0, 0.1) is 29.6 Å². The fourth-order valence-electron chi connectivity index (χ4n) is 6.65. The molecule has 0 aliphatic heterocycles. The fraction of sp³-hybridized carbons (Fsp3) is 0.472. The Hall–Kier alpha value is -3.77. The third-order valence-electron chi connectivity index (χ3n) is 9.12. The maximum atomic E-state index is 11.4. The number of phenolic OH excluding ortho intramolecular Hbond substituents is 1. The number of aliphatic hydroxyl groups excluding tert-OH is 3. The van der Waals surface area contributed by atoms with E-state index in [2.05, 4.69) is 34.0 Å². The molecule has 1 aromatic carbocycles. The molecule has 3 aromatic rings.